The molecule has 0 aromatic heterocycles. The Morgan fingerprint density at radius 3 is 2.50 bits per heavy atom. The van der Waals surface area contributed by atoms with Crippen molar-refractivity contribution < 1.29 is 29.3 Å². The highest BCUT2D eigenvalue weighted by Gasteiger charge is 2.70. The maximum absolute atomic E-state index is 13.9. The first-order valence-corrected chi connectivity index (χ1v) is 12.1. The number of hydrogen-bond donors (Lipinski definition) is 3. The summed E-state index contributed by atoms with van der Waals surface area (Å²) < 4.78 is 6.05. The third-order valence-corrected chi connectivity index (χ3v) is 9.34. The van der Waals surface area contributed by atoms with E-state index in [-0.39, 0.29) is 29.8 Å². The molecule has 182 valence electrons. The third kappa shape index (κ3) is 2.96. The molecule has 6 atom stereocenters. The minimum absolute atomic E-state index is 0.0158. The number of benzene rings is 1. The molecule has 2 saturated carbocycles. The van der Waals surface area contributed by atoms with Crippen LogP contribution in [0.2, 0.25) is 0 Å². The summed E-state index contributed by atoms with van der Waals surface area (Å²) in [6.07, 6.45) is 1.95. The maximum atomic E-state index is 13.9. The van der Waals surface area contributed by atoms with E-state index in [0.717, 1.165) is 0 Å². The molecule has 2 heterocycles. The van der Waals surface area contributed by atoms with E-state index in [2.05, 4.69) is 5.32 Å². The molecule has 1 aromatic carbocycles. The SMILES string of the molecule is CC(C)(O)[C@@H]1O[C@@H]2CC[C@]3(C)[C@](O)(CC[C@@H]4CC(=O)c5ccccc5NC(=O)[C@]43C)C2=CC1=O. The molecular formula is C27H33NO6. The molecule has 7 nitrogen and oxygen atoms in total. The van der Waals surface area contributed by atoms with Crippen LogP contribution in [0.1, 0.15) is 70.2 Å². The highest BCUT2D eigenvalue weighted by atomic mass is 16.5. The number of nitrogens with one attached hydrogen (secondary N) is 1. The molecule has 3 N–H and O–H groups in total. The van der Waals surface area contributed by atoms with Crippen LogP contribution in [0.3, 0.4) is 0 Å². The highest BCUT2D eigenvalue weighted by Crippen LogP contribution is 2.67. The first-order valence-electron chi connectivity index (χ1n) is 12.1. The molecule has 34 heavy (non-hydrogen) atoms. The van der Waals surface area contributed by atoms with Crippen LogP contribution in [0.4, 0.5) is 5.69 Å². The summed E-state index contributed by atoms with van der Waals surface area (Å²) in [5.41, 5.74) is -3.27. The van der Waals surface area contributed by atoms with Gasteiger partial charge in [-0.2, -0.15) is 0 Å². The van der Waals surface area contributed by atoms with Gasteiger partial charge >= 0.3 is 0 Å². The Bertz CT molecular complexity index is 1120. The van der Waals surface area contributed by atoms with Crippen molar-refractivity contribution in [1.29, 1.82) is 0 Å². The van der Waals surface area contributed by atoms with Crippen molar-refractivity contribution in [3.63, 3.8) is 0 Å². The minimum Gasteiger partial charge on any atom is -0.387 e. The number of anilines is 1. The van der Waals surface area contributed by atoms with E-state index >= 15 is 0 Å². The molecule has 0 unspecified atom stereocenters. The van der Waals surface area contributed by atoms with Crippen molar-refractivity contribution in [2.45, 2.75) is 83.2 Å². The van der Waals surface area contributed by atoms with E-state index in [1.54, 1.807) is 24.3 Å². The predicted molar refractivity (Wildman–Crippen MR) is 125 cm³/mol. The molecule has 0 saturated heterocycles. The molecule has 2 aliphatic carbocycles. The van der Waals surface area contributed by atoms with E-state index in [4.69, 9.17) is 4.74 Å². The smallest absolute Gasteiger partial charge is 0.231 e. The van der Waals surface area contributed by atoms with E-state index < -0.39 is 34.2 Å². The molecule has 1 amide bonds. The van der Waals surface area contributed by atoms with Crippen molar-refractivity contribution in [2.75, 3.05) is 5.32 Å². The number of para-hydroxylation sites is 1. The quantitative estimate of drug-likeness (QED) is 0.585. The van der Waals surface area contributed by atoms with Gasteiger partial charge in [-0.25, -0.2) is 0 Å². The van der Waals surface area contributed by atoms with Crippen molar-refractivity contribution in [1.82, 2.24) is 0 Å². The first kappa shape index (κ1) is 23.4. The lowest BCUT2D eigenvalue weighted by atomic mass is 9.41. The van der Waals surface area contributed by atoms with Crippen LogP contribution < -0.4 is 5.32 Å². The minimum atomic E-state index is -1.44. The molecule has 2 aliphatic heterocycles. The standard InChI is InChI=1S/C27H33NO6/c1-24(2,32)22-20(30)14-17-21(34-22)10-11-25(3)26(4)15(9-12-27(17,25)33)13-19(29)16-7-5-6-8-18(16)28-23(26)31/h5-8,14-15,21-22,32-33H,9-13H2,1-4H3,(H,28,31)/t15-,21-,22-,25+,26+,27+/m1/s1. The number of carbonyl (C=O) groups is 3. The van der Waals surface area contributed by atoms with Crippen LogP contribution in [0.5, 0.6) is 0 Å². The Labute approximate surface area is 199 Å². The van der Waals surface area contributed by atoms with Gasteiger partial charge in [0.1, 0.15) is 6.10 Å². The van der Waals surface area contributed by atoms with Crippen LogP contribution in [-0.4, -0.2) is 51.1 Å². The monoisotopic (exact) mass is 467 g/mol. The third-order valence-electron chi connectivity index (χ3n) is 9.34. The van der Waals surface area contributed by atoms with Crippen molar-refractivity contribution in [2.24, 2.45) is 16.7 Å². The summed E-state index contributed by atoms with van der Waals surface area (Å²) >= 11 is 0. The van der Waals surface area contributed by atoms with Crippen molar-refractivity contribution >= 4 is 23.2 Å². The number of Topliss-reactive ketones (excluding diaryl/α,β-unsaturated/α-hetero) is 1. The zero-order valence-corrected chi connectivity index (χ0v) is 20.2. The number of carbonyl (C=O) groups excluding carboxylic acids is 3. The fourth-order valence-corrected chi connectivity index (χ4v) is 7.09. The zero-order chi connectivity index (χ0) is 24.7. The second kappa shape index (κ2) is 7.33. The van der Waals surface area contributed by atoms with E-state index in [1.807, 2.05) is 13.8 Å². The van der Waals surface area contributed by atoms with Gasteiger partial charge in [0.2, 0.25) is 5.91 Å². The fourth-order valence-electron chi connectivity index (χ4n) is 7.09. The summed E-state index contributed by atoms with van der Waals surface area (Å²) in [6.45, 7) is 6.86. The lowest BCUT2D eigenvalue weighted by Gasteiger charge is -2.65. The van der Waals surface area contributed by atoms with E-state index in [0.29, 0.717) is 42.5 Å². The Morgan fingerprint density at radius 1 is 1.09 bits per heavy atom. The van der Waals surface area contributed by atoms with Crippen LogP contribution in [0.25, 0.3) is 0 Å². The number of rotatable bonds is 1. The van der Waals surface area contributed by atoms with Crippen LogP contribution >= 0.6 is 0 Å². The van der Waals surface area contributed by atoms with Crippen molar-refractivity contribution in [3.05, 3.63) is 41.5 Å². The second-order valence-corrected chi connectivity index (χ2v) is 11.5. The number of ether oxygens (including phenoxy) is 1. The molecule has 4 aliphatic rings. The van der Waals surface area contributed by atoms with Gasteiger partial charge in [0, 0.05) is 17.4 Å². The molecule has 0 spiro atoms. The van der Waals surface area contributed by atoms with E-state index in [1.165, 1.54) is 19.9 Å². The Hall–Kier alpha value is -2.35. The van der Waals surface area contributed by atoms with E-state index in [9.17, 15) is 24.6 Å². The molecule has 1 aromatic rings. The Balaban J connectivity index is 1.60. The summed E-state index contributed by atoms with van der Waals surface area (Å²) in [7, 11) is 0. The van der Waals surface area contributed by atoms with Gasteiger partial charge in [-0.3, -0.25) is 14.4 Å². The lowest BCUT2D eigenvalue weighted by Crippen LogP contribution is -2.70. The maximum Gasteiger partial charge on any atom is 0.231 e. The molecule has 5 rings (SSSR count). The number of amides is 1. The zero-order valence-electron chi connectivity index (χ0n) is 20.2. The van der Waals surface area contributed by atoms with Gasteiger partial charge in [-0.05, 0) is 76.2 Å². The number of ketones is 2. The van der Waals surface area contributed by atoms with Gasteiger partial charge < -0.3 is 20.3 Å². The molecule has 7 heteroatoms. The Morgan fingerprint density at radius 2 is 1.79 bits per heavy atom. The summed E-state index contributed by atoms with van der Waals surface area (Å²) in [5, 5.41) is 25.7. The predicted octanol–water partition coefficient (Wildman–Crippen LogP) is 3.19. The summed E-state index contributed by atoms with van der Waals surface area (Å²) in [4.78, 5) is 40.0. The second-order valence-electron chi connectivity index (χ2n) is 11.5. The fraction of sp³-hybridized carbons (Fsp3) is 0.593. The highest BCUT2D eigenvalue weighted by molar-refractivity contribution is 6.08. The van der Waals surface area contributed by atoms with Crippen LogP contribution in [0, 0.1) is 16.7 Å². The average molecular weight is 468 g/mol. The number of fused-ring (bicyclic) bond motifs is 6. The van der Waals surface area contributed by atoms with Gasteiger partial charge in [0.05, 0.1) is 28.4 Å². The molecule has 2 fully saturated rings. The normalized spacial score (nSPS) is 40.0. The molecule has 0 bridgehead atoms. The number of aliphatic hydroxyl groups is 2. The van der Waals surface area contributed by atoms with Gasteiger partial charge in [0.15, 0.2) is 11.6 Å². The first-order chi connectivity index (χ1) is 15.8. The Kier molecular flexibility index (Phi) is 5.04. The molecular weight excluding hydrogens is 434 g/mol. The van der Waals surface area contributed by atoms with Crippen molar-refractivity contribution in [3.8, 4) is 0 Å². The summed E-state index contributed by atoms with van der Waals surface area (Å²) in [5.74, 6) is -0.859. The lowest BCUT2D eigenvalue weighted by molar-refractivity contribution is -0.215. The van der Waals surface area contributed by atoms with Gasteiger partial charge in [-0.1, -0.05) is 19.1 Å². The van der Waals surface area contributed by atoms with Crippen LogP contribution in [0.15, 0.2) is 35.9 Å². The largest absolute Gasteiger partial charge is 0.387 e. The number of hydrogen-bond acceptors (Lipinski definition) is 6. The van der Waals surface area contributed by atoms with Gasteiger partial charge in [-0.15, -0.1) is 0 Å². The average Bonchev–Trinajstić information content (AvgIpc) is 2.76. The topological polar surface area (TPSA) is 113 Å². The van der Waals surface area contributed by atoms with Crippen LogP contribution in [-0.2, 0) is 14.3 Å². The summed E-state index contributed by atoms with van der Waals surface area (Å²) in [6, 6.07) is 7.05. The van der Waals surface area contributed by atoms with Gasteiger partial charge in [0.25, 0.3) is 0 Å². The molecule has 0 radical (unpaired) electrons.